The van der Waals surface area contributed by atoms with Crippen molar-refractivity contribution < 1.29 is 0 Å². The SMILES string of the molecule is Cc1nc2c3ccc(-c4ccc5cc(-c6cnc(C(C)C)[nH]6)sc5c4)cc3c3c[nH]ncc3c2n1. The Morgan fingerprint density at radius 1 is 0.829 bits per heavy atom. The summed E-state index contributed by atoms with van der Waals surface area (Å²) in [4.78, 5) is 18.6. The Labute approximate surface area is 205 Å². The standard InChI is InChI=1S/C28H22N6S/c1-14(2)28-29-13-23(34-28)25-10-18-5-4-17(9-24(18)35-25)16-6-7-19-20(8-16)21-11-30-31-12-22(21)27-26(19)32-15(3)33-27/h4-14,30H,1-3H3,(H,29,34). The average Bonchev–Trinajstić information content (AvgIpc) is 3.61. The first kappa shape index (κ1) is 20.3. The van der Waals surface area contributed by atoms with E-state index < -0.39 is 0 Å². The molecular formula is C28H22N6S. The summed E-state index contributed by atoms with van der Waals surface area (Å²) in [6, 6.07) is 15.5. The van der Waals surface area contributed by atoms with E-state index in [-0.39, 0.29) is 0 Å². The van der Waals surface area contributed by atoms with E-state index in [0.29, 0.717) is 5.92 Å². The second-order valence-electron chi connectivity index (χ2n) is 9.29. The zero-order valence-electron chi connectivity index (χ0n) is 19.5. The molecule has 0 atom stereocenters. The third-order valence-electron chi connectivity index (χ3n) is 6.62. The molecule has 0 aliphatic heterocycles. The number of aryl methyl sites for hydroxylation is 1. The van der Waals surface area contributed by atoms with Gasteiger partial charge in [-0.3, -0.25) is 5.10 Å². The molecule has 0 fully saturated rings. The van der Waals surface area contributed by atoms with Gasteiger partial charge in [0.1, 0.15) is 17.2 Å². The van der Waals surface area contributed by atoms with E-state index in [2.05, 4.69) is 81.5 Å². The van der Waals surface area contributed by atoms with Crippen molar-refractivity contribution in [2.45, 2.75) is 26.7 Å². The molecule has 0 amide bonds. The fraction of sp³-hybridized carbons (Fsp3) is 0.143. The molecule has 4 heterocycles. The van der Waals surface area contributed by atoms with E-state index in [1.165, 1.54) is 26.1 Å². The van der Waals surface area contributed by atoms with Crippen LogP contribution in [0.15, 0.2) is 61.1 Å². The van der Waals surface area contributed by atoms with Crippen LogP contribution in [0.2, 0.25) is 0 Å². The van der Waals surface area contributed by atoms with Gasteiger partial charge in [-0.1, -0.05) is 38.1 Å². The number of hydrogen-bond donors (Lipinski definition) is 2. The van der Waals surface area contributed by atoms with Crippen LogP contribution in [-0.4, -0.2) is 30.1 Å². The maximum absolute atomic E-state index is 4.72. The molecular weight excluding hydrogens is 452 g/mol. The Morgan fingerprint density at radius 3 is 2.46 bits per heavy atom. The topological polar surface area (TPSA) is 83.1 Å². The van der Waals surface area contributed by atoms with Crippen LogP contribution in [0, 0.1) is 6.92 Å². The number of nitrogens with one attached hydrogen (secondary N) is 2. The van der Waals surface area contributed by atoms with Crippen LogP contribution in [0.25, 0.3) is 64.4 Å². The Morgan fingerprint density at radius 2 is 1.63 bits per heavy atom. The van der Waals surface area contributed by atoms with Crippen molar-refractivity contribution in [2.75, 3.05) is 0 Å². The van der Waals surface area contributed by atoms with Gasteiger partial charge in [-0.15, -0.1) is 11.3 Å². The molecule has 0 bridgehead atoms. The van der Waals surface area contributed by atoms with Crippen LogP contribution in [0.1, 0.15) is 31.4 Å². The zero-order chi connectivity index (χ0) is 23.7. The number of thiophene rings is 1. The number of nitrogens with zero attached hydrogens (tertiary/aromatic N) is 4. The van der Waals surface area contributed by atoms with Gasteiger partial charge in [0, 0.05) is 33.0 Å². The highest BCUT2D eigenvalue weighted by molar-refractivity contribution is 7.22. The second kappa shape index (κ2) is 7.45. The number of aromatic amines is 2. The molecule has 7 rings (SSSR count). The van der Waals surface area contributed by atoms with Gasteiger partial charge in [-0.25, -0.2) is 15.0 Å². The van der Waals surface area contributed by atoms with Gasteiger partial charge in [-0.05, 0) is 47.0 Å². The van der Waals surface area contributed by atoms with Crippen molar-refractivity contribution in [3.63, 3.8) is 0 Å². The van der Waals surface area contributed by atoms with Gasteiger partial charge in [0.15, 0.2) is 0 Å². The highest BCUT2D eigenvalue weighted by atomic mass is 32.1. The molecule has 0 saturated heterocycles. The fourth-order valence-corrected chi connectivity index (χ4v) is 5.91. The Bertz CT molecular complexity index is 1910. The lowest BCUT2D eigenvalue weighted by Crippen LogP contribution is -1.88. The first-order valence-electron chi connectivity index (χ1n) is 11.7. The minimum absolute atomic E-state index is 0.381. The molecule has 170 valence electrons. The fourth-order valence-electron chi connectivity index (χ4n) is 4.84. The summed E-state index contributed by atoms with van der Waals surface area (Å²) >= 11 is 1.79. The maximum Gasteiger partial charge on any atom is 0.126 e. The number of hydrogen-bond acceptors (Lipinski definition) is 5. The quantitative estimate of drug-likeness (QED) is 0.262. The van der Waals surface area contributed by atoms with Crippen molar-refractivity contribution in [1.82, 2.24) is 30.1 Å². The van der Waals surface area contributed by atoms with Gasteiger partial charge >= 0.3 is 0 Å². The summed E-state index contributed by atoms with van der Waals surface area (Å²) in [7, 11) is 0. The van der Waals surface area contributed by atoms with Crippen molar-refractivity contribution in [3.8, 4) is 21.7 Å². The average molecular weight is 475 g/mol. The van der Waals surface area contributed by atoms with Crippen molar-refractivity contribution in [1.29, 1.82) is 0 Å². The molecule has 35 heavy (non-hydrogen) atoms. The van der Waals surface area contributed by atoms with Crippen LogP contribution in [0.4, 0.5) is 0 Å². The zero-order valence-corrected chi connectivity index (χ0v) is 20.4. The van der Waals surface area contributed by atoms with Gasteiger partial charge in [0.05, 0.1) is 28.5 Å². The molecule has 6 nitrogen and oxygen atoms in total. The third kappa shape index (κ3) is 3.15. The van der Waals surface area contributed by atoms with E-state index in [0.717, 1.165) is 49.9 Å². The number of aromatic nitrogens is 6. The van der Waals surface area contributed by atoms with Crippen LogP contribution < -0.4 is 0 Å². The number of rotatable bonds is 3. The van der Waals surface area contributed by atoms with E-state index in [1.54, 1.807) is 11.3 Å². The third-order valence-corrected chi connectivity index (χ3v) is 7.75. The first-order valence-corrected chi connectivity index (χ1v) is 12.5. The minimum Gasteiger partial charge on any atom is -0.341 e. The van der Waals surface area contributed by atoms with Gasteiger partial charge in [0.2, 0.25) is 0 Å². The lowest BCUT2D eigenvalue weighted by molar-refractivity contribution is 0.795. The molecule has 7 aromatic rings. The summed E-state index contributed by atoms with van der Waals surface area (Å²) in [5.74, 6) is 2.18. The minimum atomic E-state index is 0.381. The summed E-state index contributed by atoms with van der Waals surface area (Å²) in [6.07, 6.45) is 5.74. The molecule has 0 saturated carbocycles. The molecule has 0 unspecified atom stereocenters. The number of fused-ring (bicyclic) bond motifs is 7. The molecule has 4 aromatic heterocycles. The lowest BCUT2D eigenvalue weighted by atomic mass is 9.97. The summed E-state index contributed by atoms with van der Waals surface area (Å²) < 4.78 is 1.26. The number of benzene rings is 3. The monoisotopic (exact) mass is 474 g/mol. The van der Waals surface area contributed by atoms with Crippen molar-refractivity contribution in [2.24, 2.45) is 0 Å². The maximum atomic E-state index is 4.72. The van der Waals surface area contributed by atoms with Gasteiger partial charge in [0.25, 0.3) is 0 Å². The van der Waals surface area contributed by atoms with E-state index in [1.807, 2.05) is 25.5 Å². The molecule has 3 aromatic carbocycles. The normalized spacial score (nSPS) is 12.1. The summed E-state index contributed by atoms with van der Waals surface area (Å²) in [6.45, 7) is 6.24. The highest BCUT2D eigenvalue weighted by Gasteiger charge is 2.15. The molecule has 0 aliphatic rings. The van der Waals surface area contributed by atoms with E-state index >= 15 is 0 Å². The van der Waals surface area contributed by atoms with Crippen molar-refractivity contribution >= 4 is 54.0 Å². The second-order valence-corrected chi connectivity index (χ2v) is 10.4. The van der Waals surface area contributed by atoms with Crippen LogP contribution >= 0.6 is 11.3 Å². The number of H-pyrrole nitrogens is 2. The molecule has 0 spiro atoms. The van der Waals surface area contributed by atoms with E-state index in [9.17, 15) is 0 Å². The van der Waals surface area contributed by atoms with Crippen LogP contribution in [0.3, 0.4) is 0 Å². The van der Waals surface area contributed by atoms with Gasteiger partial charge in [-0.2, -0.15) is 5.10 Å². The smallest absolute Gasteiger partial charge is 0.126 e. The Hall–Kier alpha value is -4.10. The molecule has 0 radical (unpaired) electrons. The van der Waals surface area contributed by atoms with Crippen LogP contribution in [0.5, 0.6) is 0 Å². The number of imidazole rings is 2. The van der Waals surface area contributed by atoms with Crippen LogP contribution in [-0.2, 0) is 0 Å². The first-order chi connectivity index (χ1) is 17.0. The lowest BCUT2D eigenvalue weighted by Gasteiger charge is -2.08. The predicted octanol–water partition coefficient (Wildman–Crippen LogP) is 7.36. The summed E-state index contributed by atoms with van der Waals surface area (Å²) in [5, 5.41) is 12.9. The van der Waals surface area contributed by atoms with Gasteiger partial charge < -0.3 is 4.98 Å². The Kier molecular flexibility index (Phi) is 4.32. The van der Waals surface area contributed by atoms with E-state index in [4.69, 9.17) is 4.98 Å². The Balaban J connectivity index is 1.38. The molecule has 2 N–H and O–H groups in total. The molecule has 0 aliphatic carbocycles. The highest BCUT2D eigenvalue weighted by Crippen LogP contribution is 2.38. The summed E-state index contributed by atoms with van der Waals surface area (Å²) in [5.41, 5.74) is 5.28. The van der Waals surface area contributed by atoms with Crippen molar-refractivity contribution in [3.05, 3.63) is 72.7 Å². The predicted molar refractivity (Wildman–Crippen MR) is 144 cm³/mol. The largest absolute Gasteiger partial charge is 0.341 e. The molecule has 7 heteroatoms.